The van der Waals surface area contributed by atoms with Gasteiger partial charge in [-0.2, -0.15) is 14.0 Å². The average Bonchev–Trinajstić information content (AvgIpc) is 1.85. The molecule has 0 saturated carbocycles. The Labute approximate surface area is 63.8 Å². The summed E-state index contributed by atoms with van der Waals surface area (Å²) in [4.78, 5) is 6.87. The van der Waals surface area contributed by atoms with Gasteiger partial charge in [0.15, 0.2) is 0 Å². The van der Waals surface area contributed by atoms with Crippen molar-refractivity contribution in [3.63, 3.8) is 0 Å². The molecular weight excluding hydrogens is 176 g/mol. The Balaban J connectivity index is 2.66. The van der Waals surface area contributed by atoms with E-state index in [0.717, 1.165) is 6.20 Å². The first-order valence-electron chi connectivity index (χ1n) is 2.44. The van der Waals surface area contributed by atoms with Gasteiger partial charge in [-0.05, 0) is 4.29 Å². The molecule has 0 spiro atoms. The second kappa shape index (κ2) is 2.97. The number of rotatable bonds is 2. The van der Waals surface area contributed by atoms with E-state index in [1.54, 1.807) is 0 Å². The summed E-state index contributed by atoms with van der Waals surface area (Å²) < 4.78 is 33.6. The zero-order chi connectivity index (χ0) is 8.32. The number of aromatic nitrogens is 2. The van der Waals surface area contributed by atoms with Crippen molar-refractivity contribution in [2.24, 2.45) is 0 Å². The lowest BCUT2D eigenvalue weighted by Gasteiger charge is -2.10. The third-order valence-electron chi connectivity index (χ3n) is 0.713. The lowest BCUT2D eigenvalue weighted by Crippen LogP contribution is -2.63. The first-order chi connectivity index (χ1) is 5.08. The summed E-state index contributed by atoms with van der Waals surface area (Å²) in [6.07, 6.45) is 3.54. The van der Waals surface area contributed by atoms with Gasteiger partial charge in [0.2, 0.25) is 0 Å². The second-order valence-electron chi connectivity index (χ2n) is 1.50. The molecule has 6 nitrogen and oxygen atoms in total. The monoisotopic (exact) mass is 178 g/mol. The molecule has 0 aliphatic carbocycles. The van der Waals surface area contributed by atoms with Crippen molar-refractivity contribution >= 4 is 0 Å². The van der Waals surface area contributed by atoms with Crippen LogP contribution in [0.3, 0.4) is 0 Å². The molecule has 1 heterocycles. The molecule has 1 aromatic heterocycles. The third kappa shape index (κ3) is 3.10. The van der Waals surface area contributed by atoms with Gasteiger partial charge in [0.25, 0.3) is 0 Å². The van der Waals surface area contributed by atoms with Crippen LogP contribution in [0.1, 0.15) is 0 Å². The van der Waals surface area contributed by atoms with Crippen molar-refractivity contribution in [1.29, 1.82) is 0 Å². The van der Waals surface area contributed by atoms with Gasteiger partial charge in [0.05, 0.1) is 0 Å². The van der Waals surface area contributed by atoms with E-state index in [1.807, 2.05) is 0 Å². The highest BCUT2D eigenvalue weighted by molar-refractivity contribution is 4.99. The fourth-order valence-electron chi connectivity index (χ4n) is 0.422. The molecule has 0 fully saturated rings. The van der Waals surface area contributed by atoms with Crippen LogP contribution in [0.25, 0.3) is 0 Å². The molecule has 60 valence electrons. The minimum Gasteiger partial charge on any atom is -0.257 e. The van der Waals surface area contributed by atoms with Crippen molar-refractivity contribution in [2.75, 3.05) is 0 Å². The van der Waals surface area contributed by atoms with Crippen LogP contribution in [-0.4, -0.2) is 9.97 Å². The molecule has 1 aromatic rings. The van der Waals surface area contributed by atoms with Crippen molar-refractivity contribution < 1.29 is 28.5 Å². The SMILES string of the molecule is [O-][Cl+3]([O-])([O-])Oc1cnccn1. The Morgan fingerprint density at radius 1 is 1.27 bits per heavy atom. The lowest BCUT2D eigenvalue weighted by atomic mass is 10.7. The lowest BCUT2D eigenvalue weighted by molar-refractivity contribution is -1.91. The number of hydrogen-bond acceptors (Lipinski definition) is 6. The molecule has 0 radical (unpaired) electrons. The molecule has 0 aliphatic heterocycles. The fraction of sp³-hybridized carbons (Fsp3) is 0. The van der Waals surface area contributed by atoms with E-state index in [2.05, 4.69) is 14.3 Å². The summed E-state index contributed by atoms with van der Waals surface area (Å²) in [6, 6.07) is 0. The molecule has 0 amide bonds. The number of nitrogens with zero attached hydrogens (tertiary/aromatic N) is 2. The molecule has 0 saturated heterocycles. The zero-order valence-electron chi connectivity index (χ0n) is 5.14. The molecule has 1 rings (SSSR count). The molecule has 0 N–H and O–H groups in total. The van der Waals surface area contributed by atoms with E-state index in [9.17, 15) is 14.0 Å². The summed E-state index contributed by atoms with van der Waals surface area (Å²) in [5.74, 6) is -0.343. The van der Waals surface area contributed by atoms with E-state index < -0.39 is 10.2 Å². The Kier molecular flexibility index (Phi) is 2.20. The van der Waals surface area contributed by atoms with Crippen molar-refractivity contribution in [3.8, 4) is 5.88 Å². The van der Waals surface area contributed by atoms with Crippen LogP contribution in [0.4, 0.5) is 0 Å². The van der Waals surface area contributed by atoms with Gasteiger partial charge in [-0.3, -0.25) is 4.98 Å². The van der Waals surface area contributed by atoms with Crippen molar-refractivity contribution in [2.45, 2.75) is 0 Å². The van der Waals surface area contributed by atoms with Crippen molar-refractivity contribution in [1.82, 2.24) is 9.97 Å². The Bertz CT molecular complexity index is 223. The summed E-state index contributed by atoms with van der Waals surface area (Å²) in [5, 5.41) is 0. The molecule has 0 aliphatic rings. The van der Waals surface area contributed by atoms with Crippen LogP contribution < -0.4 is 18.3 Å². The third-order valence-corrected chi connectivity index (χ3v) is 1.06. The van der Waals surface area contributed by atoms with Crippen LogP contribution in [0, 0.1) is 10.2 Å². The van der Waals surface area contributed by atoms with Gasteiger partial charge in [-0.15, -0.1) is 0 Å². The van der Waals surface area contributed by atoms with Gasteiger partial charge < -0.3 is 0 Å². The van der Waals surface area contributed by atoms with E-state index in [0.29, 0.717) is 0 Å². The Morgan fingerprint density at radius 3 is 2.45 bits per heavy atom. The maximum absolute atomic E-state index is 9.93. The van der Waals surface area contributed by atoms with Crippen LogP contribution in [-0.2, 0) is 0 Å². The van der Waals surface area contributed by atoms with Crippen LogP contribution >= 0.6 is 0 Å². The summed E-state index contributed by atoms with van der Waals surface area (Å²) >= 11 is 0. The predicted molar refractivity (Wildman–Crippen MR) is 22.7 cm³/mol. The van der Waals surface area contributed by atoms with Gasteiger partial charge in [0.1, 0.15) is 16.4 Å². The maximum Gasteiger partial charge on any atom is 0.399 e. The number of halogens is 1. The predicted octanol–water partition coefficient (Wildman–Crippen LogP) is -3.25. The summed E-state index contributed by atoms with van der Waals surface area (Å²) in [5.41, 5.74) is 0. The smallest absolute Gasteiger partial charge is 0.257 e. The highest BCUT2D eigenvalue weighted by atomic mass is 35.7. The molecule has 0 unspecified atom stereocenters. The van der Waals surface area contributed by atoms with Crippen LogP contribution in [0.15, 0.2) is 18.6 Å². The fourth-order valence-corrected chi connectivity index (χ4v) is 0.695. The zero-order valence-corrected chi connectivity index (χ0v) is 5.89. The molecule has 11 heavy (non-hydrogen) atoms. The van der Waals surface area contributed by atoms with Crippen molar-refractivity contribution in [3.05, 3.63) is 18.6 Å². The van der Waals surface area contributed by atoms with E-state index in [-0.39, 0.29) is 5.88 Å². The highest BCUT2D eigenvalue weighted by Crippen LogP contribution is 2.03. The summed E-state index contributed by atoms with van der Waals surface area (Å²) in [7, 11) is -4.47. The largest absolute Gasteiger partial charge is 0.399 e. The molecule has 0 bridgehead atoms. The van der Waals surface area contributed by atoms with Crippen LogP contribution in [0.2, 0.25) is 0 Å². The molecule has 0 atom stereocenters. The Hall–Kier alpha value is -0.950. The molecule has 0 aromatic carbocycles. The van der Waals surface area contributed by atoms with Gasteiger partial charge in [-0.25, -0.2) is 4.98 Å². The standard InChI is InChI=1S/C4H3ClN2O4/c8-5(9,10)11-4-3-6-1-2-7-4/h1-3H. The topological polar surface area (TPSA) is 104 Å². The van der Waals surface area contributed by atoms with E-state index in [1.165, 1.54) is 12.4 Å². The minimum atomic E-state index is -4.47. The second-order valence-corrected chi connectivity index (χ2v) is 2.41. The van der Waals surface area contributed by atoms with Crippen LogP contribution in [0.5, 0.6) is 5.88 Å². The number of hydrogen-bond donors (Lipinski definition) is 0. The minimum absolute atomic E-state index is 0.343. The summed E-state index contributed by atoms with van der Waals surface area (Å²) in [6.45, 7) is 0. The highest BCUT2D eigenvalue weighted by Gasteiger charge is 2.19. The molecular formula is C4H3ClN2O4. The first-order valence-corrected chi connectivity index (χ1v) is 3.68. The molecule has 7 heteroatoms. The van der Waals surface area contributed by atoms with E-state index >= 15 is 0 Å². The van der Waals surface area contributed by atoms with Gasteiger partial charge in [-0.1, -0.05) is 0 Å². The first kappa shape index (κ1) is 8.15. The average molecular weight is 179 g/mol. The van der Waals surface area contributed by atoms with Gasteiger partial charge >= 0.3 is 5.88 Å². The van der Waals surface area contributed by atoms with Gasteiger partial charge in [0, 0.05) is 12.4 Å². The normalized spacial score (nSPS) is 11.2. The van der Waals surface area contributed by atoms with E-state index in [4.69, 9.17) is 0 Å². The Morgan fingerprint density at radius 2 is 2.00 bits per heavy atom. The maximum atomic E-state index is 9.93. The quantitative estimate of drug-likeness (QED) is 0.471.